The van der Waals surface area contributed by atoms with Gasteiger partial charge in [-0.3, -0.25) is 9.88 Å². The molecular formula is C40H47Cl2N5O5. The Hall–Kier alpha value is -3.95. The van der Waals surface area contributed by atoms with Gasteiger partial charge in [0.1, 0.15) is 35.8 Å². The van der Waals surface area contributed by atoms with Crippen LogP contribution in [0.1, 0.15) is 60.4 Å². The van der Waals surface area contributed by atoms with Crippen molar-refractivity contribution in [1.82, 2.24) is 19.8 Å². The topological polar surface area (TPSA) is 124 Å². The summed E-state index contributed by atoms with van der Waals surface area (Å²) in [6, 6.07) is 15.2. The molecule has 0 bridgehead atoms. The molecule has 1 fully saturated rings. The van der Waals surface area contributed by atoms with Crippen LogP contribution in [0.3, 0.4) is 0 Å². The second-order valence-electron chi connectivity index (χ2n) is 13.5. The van der Waals surface area contributed by atoms with Crippen molar-refractivity contribution < 1.29 is 24.4 Å². The zero-order valence-electron chi connectivity index (χ0n) is 30.1. The Morgan fingerprint density at radius 1 is 0.942 bits per heavy atom. The van der Waals surface area contributed by atoms with Gasteiger partial charge in [-0.25, -0.2) is 4.98 Å². The summed E-state index contributed by atoms with van der Waals surface area (Å²) in [7, 11) is 1.81. The summed E-state index contributed by atoms with van der Waals surface area (Å²) in [5, 5.41) is 30.1. The maximum absolute atomic E-state index is 9.98. The van der Waals surface area contributed by atoms with E-state index in [1.807, 2.05) is 43.1 Å². The maximum atomic E-state index is 9.98. The van der Waals surface area contributed by atoms with E-state index < -0.39 is 5.54 Å². The third-order valence-corrected chi connectivity index (χ3v) is 10.4. The number of aromatic nitrogens is 2. The number of hydrogen-bond acceptors (Lipinski definition) is 10. The number of halogens is 2. The van der Waals surface area contributed by atoms with Gasteiger partial charge in [-0.05, 0) is 88.1 Å². The molecule has 1 saturated heterocycles. The first kappa shape index (κ1) is 39.3. The molecule has 0 saturated carbocycles. The Balaban J connectivity index is 1.33. The van der Waals surface area contributed by atoms with Crippen molar-refractivity contribution in [3.05, 3.63) is 98.9 Å². The number of nitriles is 1. The Morgan fingerprint density at radius 2 is 1.71 bits per heavy atom. The molecule has 0 radical (unpaired) electrons. The molecule has 0 spiro atoms. The Labute approximate surface area is 316 Å². The highest BCUT2D eigenvalue weighted by Crippen LogP contribution is 2.38. The number of pyridine rings is 2. The Bertz CT molecular complexity index is 1840. The second-order valence-corrected chi connectivity index (χ2v) is 14.3. The molecule has 12 heteroatoms. The third-order valence-electron chi connectivity index (χ3n) is 9.73. The van der Waals surface area contributed by atoms with Crippen LogP contribution in [0.25, 0.3) is 11.1 Å². The van der Waals surface area contributed by atoms with Crippen molar-refractivity contribution in [1.29, 1.82) is 5.26 Å². The largest absolute Gasteiger partial charge is 0.488 e. The predicted octanol–water partition coefficient (Wildman–Crippen LogP) is 7.22. The van der Waals surface area contributed by atoms with Crippen LogP contribution in [0.2, 0.25) is 10.0 Å². The lowest BCUT2D eigenvalue weighted by atomic mass is 9.97. The highest BCUT2D eigenvalue weighted by atomic mass is 35.5. The number of piperidine rings is 1. The van der Waals surface area contributed by atoms with Crippen LogP contribution in [0, 0.1) is 18.3 Å². The SMILES string of the molecule is Cc1c(COc2cc(OCc3cncc(C#N)c3)c(CN(C)C(C)(CO)CO)cc2Cl)cccc1-c1ccnc(OCCCN2CCCCC2)c1Cl. The Kier molecular flexibility index (Phi) is 14.1. The number of likely N-dealkylation sites (N-methyl/N-ethyl adjacent to an activating group) is 1. The van der Waals surface area contributed by atoms with Gasteiger partial charge in [0.2, 0.25) is 5.88 Å². The lowest BCUT2D eigenvalue weighted by Crippen LogP contribution is -2.49. The number of likely N-dealkylation sites (tertiary alicyclic amines) is 1. The number of aliphatic hydroxyl groups is 2. The van der Waals surface area contributed by atoms with Crippen LogP contribution in [-0.2, 0) is 19.8 Å². The van der Waals surface area contributed by atoms with E-state index in [2.05, 4.69) is 20.9 Å². The predicted molar refractivity (Wildman–Crippen MR) is 203 cm³/mol. The van der Waals surface area contributed by atoms with E-state index in [9.17, 15) is 15.5 Å². The van der Waals surface area contributed by atoms with Crippen LogP contribution in [0.4, 0.5) is 0 Å². The zero-order chi connectivity index (χ0) is 37.1. The molecule has 10 nitrogen and oxygen atoms in total. The van der Waals surface area contributed by atoms with Gasteiger partial charge in [0.05, 0.1) is 35.9 Å². The summed E-state index contributed by atoms with van der Waals surface area (Å²) < 4.78 is 18.6. The van der Waals surface area contributed by atoms with Gasteiger partial charge in [-0.15, -0.1) is 0 Å². The second kappa shape index (κ2) is 18.7. The van der Waals surface area contributed by atoms with E-state index in [-0.39, 0.29) is 26.4 Å². The molecule has 4 aromatic rings. The fourth-order valence-electron chi connectivity index (χ4n) is 6.13. The molecule has 276 valence electrons. The molecule has 1 aliphatic rings. The molecule has 2 aromatic carbocycles. The van der Waals surface area contributed by atoms with Crippen molar-refractivity contribution in [2.45, 2.75) is 64.8 Å². The molecule has 0 aliphatic carbocycles. The number of aliphatic hydroxyl groups excluding tert-OH is 2. The molecule has 5 rings (SSSR count). The molecule has 0 amide bonds. The van der Waals surface area contributed by atoms with Crippen molar-refractivity contribution >= 4 is 23.2 Å². The number of hydrogen-bond donors (Lipinski definition) is 2. The highest BCUT2D eigenvalue weighted by molar-refractivity contribution is 6.34. The minimum atomic E-state index is -0.871. The minimum Gasteiger partial charge on any atom is -0.488 e. The first-order valence-corrected chi connectivity index (χ1v) is 18.3. The quantitative estimate of drug-likeness (QED) is 0.107. The summed E-state index contributed by atoms with van der Waals surface area (Å²) in [4.78, 5) is 12.9. The summed E-state index contributed by atoms with van der Waals surface area (Å²) in [6.07, 6.45) is 9.63. The van der Waals surface area contributed by atoms with Gasteiger partial charge in [0, 0.05) is 54.4 Å². The van der Waals surface area contributed by atoms with E-state index in [0.717, 1.165) is 59.4 Å². The number of rotatable bonds is 17. The van der Waals surface area contributed by atoms with E-state index >= 15 is 0 Å². The van der Waals surface area contributed by atoms with E-state index in [1.54, 1.807) is 37.5 Å². The standard InChI is InChI=1S/C40H47Cl2N5O5/c1-28-31(9-7-10-33(28)34-11-12-45-39(38(34)42)50-16-8-15-47-13-5-4-6-14-47)25-52-37-19-36(51-24-30-17-29(20-43)21-44-22-30)32(18-35(37)41)23-46(3)40(2,26-48)27-49/h7,9-12,17-19,21-22,48-49H,4-6,8,13-16,23-27H2,1-3H3. The van der Waals surface area contributed by atoms with Crippen LogP contribution in [0.15, 0.2) is 61.1 Å². The van der Waals surface area contributed by atoms with Gasteiger partial charge < -0.3 is 29.3 Å². The van der Waals surface area contributed by atoms with Crippen molar-refractivity contribution in [2.24, 2.45) is 0 Å². The van der Waals surface area contributed by atoms with Gasteiger partial charge in [0.25, 0.3) is 0 Å². The van der Waals surface area contributed by atoms with E-state index in [0.29, 0.717) is 46.1 Å². The fraction of sp³-hybridized carbons (Fsp3) is 0.425. The molecule has 1 aliphatic heterocycles. The number of nitrogens with zero attached hydrogens (tertiary/aromatic N) is 5. The lowest BCUT2D eigenvalue weighted by Gasteiger charge is -2.36. The summed E-state index contributed by atoms with van der Waals surface area (Å²) in [6.45, 7) is 7.88. The monoisotopic (exact) mass is 747 g/mol. The number of benzene rings is 2. The van der Waals surface area contributed by atoms with E-state index in [4.69, 9.17) is 37.4 Å². The lowest BCUT2D eigenvalue weighted by molar-refractivity contribution is 0.0104. The molecule has 2 aromatic heterocycles. The zero-order valence-corrected chi connectivity index (χ0v) is 31.6. The molecule has 2 N–H and O–H groups in total. The first-order chi connectivity index (χ1) is 25.1. The smallest absolute Gasteiger partial charge is 0.233 e. The minimum absolute atomic E-state index is 0.148. The third kappa shape index (κ3) is 9.92. The van der Waals surface area contributed by atoms with Crippen LogP contribution in [0.5, 0.6) is 17.4 Å². The van der Waals surface area contributed by atoms with Gasteiger partial charge in [-0.2, -0.15) is 5.26 Å². The molecule has 3 heterocycles. The molecule has 0 atom stereocenters. The van der Waals surface area contributed by atoms with Crippen molar-refractivity contribution in [3.63, 3.8) is 0 Å². The molecule has 0 unspecified atom stereocenters. The molecule has 52 heavy (non-hydrogen) atoms. The van der Waals surface area contributed by atoms with Crippen LogP contribution in [-0.4, -0.2) is 82.0 Å². The van der Waals surface area contributed by atoms with Gasteiger partial charge in [0.15, 0.2) is 0 Å². The Morgan fingerprint density at radius 3 is 2.46 bits per heavy atom. The highest BCUT2D eigenvalue weighted by Gasteiger charge is 2.29. The summed E-state index contributed by atoms with van der Waals surface area (Å²) >= 11 is 13.7. The first-order valence-electron chi connectivity index (χ1n) is 17.6. The van der Waals surface area contributed by atoms with Gasteiger partial charge in [-0.1, -0.05) is 47.8 Å². The maximum Gasteiger partial charge on any atom is 0.233 e. The average Bonchev–Trinajstić information content (AvgIpc) is 3.17. The normalized spacial score (nSPS) is 13.6. The van der Waals surface area contributed by atoms with Crippen LogP contribution >= 0.6 is 23.2 Å². The van der Waals surface area contributed by atoms with E-state index in [1.165, 1.54) is 25.5 Å². The van der Waals surface area contributed by atoms with Crippen molar-refractivity contribution in [3.8, 4) is 34.6 Å². The summed E-state index contributed by atoms with van der Waals surface area (Å²) in [5.41, 5.74) is 4.73. The number of ether oxygens (including phenoxy) is 3. The fourth-order valence-corrected chi connectivity index (χ4v) is 6.64. The average molecular weight is 749 g/mol. The summed E-state index contributed by atoms with van der Waals surface area (Å²) in [5.74, 6) is 1.35. The van der Waals surface area contributed by atoms with Gasteiger partial charge >= 0.3 is 0 Å². The van der Waals surface area contributed by atoms with Crippen molar-refractivity contribution in [2.75, 3.05) is 46.5 Å². The molecular weight excluding hydrogens is 701 g/mol. The van der Waals surface area contributed by atoms with Crippen LogP contribution < -0.4 is 14.2 Å².